The van der Waals surface area contributed by atoms with Crippen molar-refractivity contribution in [1.29, 1.82) is 0 Å². The molecule has 2 rings (SSSR count). The molecule has 32 heavy (non-hydrogen) atoms. The molecule has 0 bridgehead atoms. The van der Waals surface area contributed by atoms with Crippen molar-refractivity contribution in [1.82, 2.24) is 4.57 Å². The van der Waals surface area contributed by atoms with Crippen molar-refractivity contribution >= 4 is 22.8 Å². The standard InChI is InChI=1S/C28H37NO3/c1-2-3-4-5-6-7-8-9-10-11-12-13-14-15-16-21-27(30)29-23-24(22-28(31)32)25-19-17-18-20-26(25)29/h6-7,9-10,12-13,17-20,23H,2-5,8,11,14-16,21-22H2,1H3,(H,31,32)/b7-6+,10-9+,13-12+. The molecule has 0 aliphatic carbocycles. The van der Waals surface area contributed by atoms with Crippen LogP contribution in [-0.4, -0.2) is 21.6 Å². The van der Waals surface area contributed by atoms with E-state index in [2.05, 4.69) is 43.4 Å². The fourth-order valence-corrected chi connectivity index (χ4v) is 3.71. The van der Waals surface area contributed by atoms with Gasteiger partial charge in [-0.1, -0.05) is 74.4 Å². The van der Waals surface area contributed by atoms with Gasteiger partial charge in [-0.25, -0.2) is 0 Å². The average molecular weight is 436 g/mol. The number of aliphatic carboxylic acids is 1. The molecule has 2 aromatic rings. The van der Waals surface area contributed by atoms with E-state index < -0.39 is 5.97 Å². The van der Waals surface area contributed by atoms with Gasteiger partial charge in [-0.15, -0.1) is 0 Å². The van der Waals surface area contributed by atoms with Gasteiger partial charge in [-0.2, -0.15) is 0 Å². The van der Waals surface area contributed by atoms with Gasteiger partial charge in [-0.05, 0) is 56.6 Å². The zero-order valence-electron chi connectivity index (χ0n) is 19.3. The highest BCUT2D eigenvalue weighted by Gasteiger charge is 2.14. The molecule has 0 atom stereocenters. The first-order valence-corrected chi connectivity index (χ1v) is 11.9. The Morgan fingerprint density at radius 1 is 0.875 bits per heavy atom. The van der Waals surface area contributed by atoms with Crippen LogP contribution >= 0.6 is 0 Å². The minimum absolute atomic E-state index is 0.0208. The Kier molecular flexibility index (Phi) is 11.9. The van der Waals surface area contributed by atoms with E-state index in [1.54, 1.807) is 10.8 Å². The number of carboxylic acid groups (broad SMARTS) is 1. The largest absolute Gasteiger partial charge is 0.481 e. The van der Waals surface area contributed by atoms with Gasteiger partial charge in [0.15, 0.2) is 0 Å². The van der Waals surface area contributed by atoms with E-state index in [-0.39, 0.29) is 12.3 Å². The van der Waals surface area contributed by atoms with Gasteiger partial charge in [0, 0.05) is 18.0 Å². The van der Waals surface area contributed by atoms with Gasteiger partial charge in [-0.3, -0.25) is 14.2 Å². The first kappa shape index (κ1) is 25.4. The average Bonchev–Trinajstić information content (AvgIpc) is 3.14. The maximum absolute atomic E-state index is 12.7. The van der Waals surface area contributed by atoms with Gasteiger partial charge in [0.05, 0.1) is 11.9 Å². The smallest absolute Gasteiger partial charge is 0.307 e. The summed E-state index contributed by atoms with van der Waals surface area (Å²) in [5.74, 6) is -0.867. The lowest BCUT2D eigenvalue weighted by Crippen LogP contribution is -2.09. The van der Waals surface area contributed by atoms with Crippen LogP contribution in [0.3, 0.4) is 0 Å². The fraction of sp³-hybridized carbons (Fsp3) is 0.429. The Morgan fingerprint density at radius 3 is 2.16 bits per heavy atom. The molecule has 0 aliphatic rings. The van der Waals surface area contributed by atoms with E-state index in [4.69, 9.17) is 5.11 Å². The molecule has 0 saturated heterocycles. The van der Waals surface area contributed by atoms with E-state index in [9.17, 15) is 9.59 Å². The van der Waals surface area contributed by atoms with Gasteiger partial charge in [0.1, 0.15) is 0 Å². The Bertz CT molecular complexity index is 933. The highest BCUT2D eigenvalue weighted by Crippen LogP contribution is 2.22. The lowest BCUT2D eigenvalue weighted by molar-refractivity contribution is -0.136. The van der Waals surface area contributed by atoms with E-state index in [0.717, 1.165) is 43.0 Å². The van der Waals surface area contributed by atoms with Crippen LogP contribution in [0.25, 0.3) is 10.9 Å². The van der Waals surface area contributed by atoms with Crippen molar-refractivity contribution in [2.45, 2.75) is 77.6 Å². The van der Waals surface area contributed by atoms with Crippen LogP contribution in [0.15, 0.2) is 66.9 Å². The lowest BCUT2D eigenvalue weighted by Gasteiger charge is -2.03. The number of para-hydroxylation sites is 1. The first-order chi connectivity index (χ1) is 15.6. The maximum atomic E-state index is 12.7. The Morgan fingerprint density at radius 2 is 1.50 bits per heavy atom. The highest BCUT2D eigenvalue weighted by molar-refractivity contribution is 5.95. The second-order valence-corrected chi connectivity index (χ2v) is 8.13. The Labute approximate surface area is 192 Å². The number of fused-ring (bicyclic) bond motifs is 1. The molecule has 0 unspecified atom stereocenters. The third-order valence-electron chi connectivity index (χ3n) is 5.43. The zero-order chi connectivity index (χ0) is 23.0. The third kappa shape index (κ3) is 9.09. The number of rotatable bonds is 15. The normalized spacial score (nSPS) is 12.0. The van der Waals surface area contributed by atoms with Crippen LogP contribution in [0.5, 0.6) is 0 Å². The summed E-state index contributed by atoms with van der Waals surface area (Å²) < 4.78 is 1.62. The van der Waals surface area contributed by atoms with Crippen molar-refractivity contribution in [3.63, 3.8) is 0 Å². The summed E-state index contributed by atoms with van der Waals surface area (Å²) >= 11 is 0. The molecule has 1 aromatic heterocycles. The monoisotopic (exact) mass is 435 g/mol. The highest BCUT2D eigenvalue weighted by atomic mass is 16.4. The number of carbonyl (C=O) groups is 2. The number of hydrogen-bond donors (Lipinski definition) is 1. The maximum Gasteiger partial charge on any atom is 0.307 e. The van der Waals surface area contributed by atoms with Gasteiger partial charge >= 0.3 is 5.97 Å². The predicted octanol–water partition coefficient (Wildman–Crippen LogP) is 7.50. The minimum Gasteiger partial charge on any atom is -0.481 e. The van der Waals surface area contributed by atoms with Gasteiger partial charge in [0.2, 0.25) is 5.91 Å². The summed E-state index contributed by atoms with van der Waals surface area (Å²) in [6.07, 6.45) is 25.1. The molecule has 0 aliphatic heterocycles. The molecule has 1 aromatic carbocycles. The second kappa shape index (κ2) is 15.0. The molecule has 0 radical (unpaired) electrons. The van der Waals surface area contributed by atoms with E-state index in [1.807, 2.05) is 24.3 Å². The van der Waals surface area contributed by atoms with E-state index in [1.165, 1.54) is 25.7 Å². The van der Waals surface area contributed by atoms with Gasteiger partial charge in [0.25, 0.3) is 0 Å². The number of nitrogens with zero attached hydrogens (tertiary/aromatic N) is 1. The molecular formula is C28H37NO3. The minimum atomic E-state index is -0.888. The van der Waals surface area contributed by atoms with Crippen molar-refractivity contribution in [3.05, 3.63) is 72.5 Å². The van der Waals surface area contributed by atoms with Crippen LogP contribution in [0.2, 0.25) is 0 Å². The van der Waals surface area contributed by atoms with Crippen LogP contribution in [-0.2, 0) is 11.2 Å². The molecule has 4 heteroatoms. The molecule has 1 N–H and O–H groups in total. The summed E-state index contributed by atoms with van der Waals surface area (Å²) in [6.45, 7) is 2.23. The van der Waals surface area contributed by atoms with Crippen LogP contribution in [0, 0.1) is 0 Å². The fourth-order valence-electron chi connectivity index (χ4n) is 3.71. The number of hydrogen-bond acceptors (Lipinski definition) is 2. The Balaban J connectivity index is 1.66. The Hall–Kier alpha value is -2.88. The van der Waals surface area contributed by atoms with Crippen LogP contribution in [0.1, 0.15) is 81.5 Å². The number of allylic oxidation sites excluding steroid dienone is 6. The van der Waals surface area contributed by atoms with Crippen LogP contribution in [0.4, 0.5) is 0 Å². The van der Waals surface area contributed by atoms with Crippen molar-refractivity contribution in [2.75, 3.05) is 0 Å². The predicted molar refractivity (Wildman–Crippen MR) is 133 cm³/mol. The first-order valence-electron chi connectivity index (χ1n) is 11.9. The third-order valence-corrected chi connectivity index (χ3v) is 5.43. The molecule has 1 heterocycles. The van der Waals surface area contributed by atoms with Crippen molar-refractivity contribution in [2.24, 2.45) is 0 Å². The molecule has 172 valence electrons. The molecule has 0 fully saturated rings. The van der Waals surface area contributed by atoms with Gasteiger partial charge < -0.3 is 5.11 Å². The molecular weight excluding hydrogens is 398 g/mol. The SMILES string of the molecule is CCCCC/C=C/C/C=C/C/C=C/CCCCC(=O)n1cc(CC(=O)O)c2ccccc21. The topological polar surface area (TPSA) is 59.3 Å². The van der Waals surface area contributed by atoms with E-state index in [0.29, 0.717) is 12.0 Å². The molecule has 0 spiro atoms. The number of carboxylic acids is 1. The number of benzene rings is 1. The van der Waals surface area contributed by atoms with Crippen molar-refractivity contribution < 1.29 is 14.7 Å². The number of aromatic nitrogens is 1. The van der Waals surface area contributed by atoms with E-state index >= 15 is 0 Å². The summed E-state index contributed by atoms with van der Waals surface area (Å²) in [5, 5.41) is 9.96. The van der Waals surface area contributed by atoms with Crippen LogP contribution < -0.4 is 0 Å². The summed E-state index contributed by atoms with van der Waals surface area (Å²) in [7, 11) is 0. The number of carbonyl (C=O) groups excluding carboxylic acids is 1. The molecule has 4 nitrogen and oxygen atoms in total. The summed E-state index contributed by atoms with van der Waals surface area (Å²) in [5.41, 5.74) is 1.47. The quantitative estimate of drug-likeness (QED) is 0.233. The second-order valence-electron chi connectivity index (χ2n) is 8.13. The van der Waals surface area contributed by atoms with Crippen molar-refractivity contribution in [3.8, 4) is 0 Å². The zero-order valence-corrected chi connectivity index (χ0v) is 19.3. The summed E-state index contributed by atoms with van der Waals surface area (Å²) in [4.78, 5) is 23.8. The number of unbranched alkanes of at least 4 members (excludes halogenated alkanes) is 5. The lowest BCUT2D eigenvalue weighted by atomic mass is 10.1. The molecule has 0 saturated carbocycles. The molecule has 0 amide bonds. The summed E-state index contributed by atoms with van der Waals surface area (Å²) in [6, 6.07) is 7.49.